The molecule has 1 atom stereocenters. The molecular formula is C13H10F2N4O2S. The number of aromatic nitrogens is 4. The van der Waals surface area contributed by atoms with Crippen LogP contribution < -0.4 is 0 Å². The molecule has 22 heavy (non-hydrogen) atoms. The first kappa shape index (κ1) is 14.5. The standard InChI is InChI=1S/C13H10F2N4O2S/c1-22(20)13-18-16-7-19(13)5-9-6-21-12(17-9)8-2-3-10(14)11(15)4-8/h2-4,6-7H,5H2,1H3/t22-/m1/s1. The highest BCUT2D eigenvalue weighted by Crippen LogP contribution is 2.21. The van der Waals surface area contributed by atoms with Crippen LogP contribution in [0, 0.1) is 11.6 Å². The van der Waals surface area contributed by atoms with Gasteiger partial charge in [0.1, 0.15) is 12.6 Å². The van der Waals surface area contributed by atoms with Crippen molar-refractivity contribution in [2.45, 2.75) is 11.7 Å². The summed E-state index contributed by atoms with van der Waals surface area (Å²) >= 11 is 0. The van der Waals surface area contributed by atoms with Crippen LogP contribution in [0.25, 0.3) is 11.5 Å². The lowest BCUT2D eigenvalue weighted by molar-refractivity contribution is 0.507. The molecule has 9 heteroatoms. The van der Waals surface area contributed by atoms with Crippen LogP contribution in [0.5, 0.6) is 0 Å². The monoisotopic (exact) mass is 324 g/mol. The van der Waals surface area contributed by atoms with Crippen LogP contribution in [0.1, 0.15) is 5.69 Å². The molecule has 3 aromatic rings. The fourth-order valence-corrected chi connectivity index (χ4v) is 2.50. The first-order chi connectivity index (χ1) is 10.5. The van der Waals surface area contributed by atoms with Crippen molar-refractivity contribution in [2.75, 3.05) is 6.26 Å². The number of rotatable bonds is 4. The Labute approximate surface area is 126 Å². The van der Waals surface area contributed by atoms with Crippen LogP contribution >= 0.6 is 0 Å². The van der Waals surface area contributed by atoms with E-state index in [2.05, 4.69) is 15.2 Å². The van der Waals surface area contributed by atoms with E-state index in [4.69, 9.17) is 4.42 Å². The summed E-state index contributed by atoms with van der Waals surface area (Å²) in [5.41, 5.74) is 0.847. The molecular weight excluding hydrogens is 314 g/mol. The third-order valence-corrected chi connectivity index (χ3v) is 3.72. The molecule has 0 aliphatic heterocycles. The minimum Gasteiger partial charge on any atom is -0.444 e. The molecule has 0 aliphatic rings. The molecule has 0 saturated heterocycles. The number of hydrogen-bond acceptors (Lipinski definition) is 5. The van der Waals surface area contributed by atoms with Gasteiger partial charge in [-0.05, 0) is 18.2 Å². The summed E-state index contributed by atoms with van der Waals surface area (Å²) in [6.45, 7) is 0.259. The van der Waals surface area contributed by atoms with Gasteiger partial charge in [0.25, 0.3) is 0 Å². The Morgan fingerprint density at radius 2 is 2.14 bits per heavy atom. The van der Waals surface area contributed by atoms with Crippen molar-refractivity contribution >= 4 is 10.8 Å². The van der Waals surface area contributed by atoms with Gasteiger partial charge in [-0.2, -0.15) is 0 Å². The zero-order valence-corrected chi connectivity index (χ0v) is 12.2. The third-order valence-electron chi connectivity index (χ3n) is 2.89. The van der Waals surface area contributed by atoms with Crippen LogP contribution in [0.3, 0.4) is 0 Å². The van der Waals surface area contributed by atoms with Gasteiger partial charge in [-0.15, -0.1) is 10.2 Å². The van der Waals surface area contributed by atoms with Crippen molar-refractivity contribution in [1.29, 1.82) is 0 Å². The summed E-state index contributed by atoms with van der Waals surface area (Å²) in [7, 11) is -1.28. The van der Waals surface area contributed by atoms with Gasteiger partial charge in [-0.1, -0.05) is 0 Å². The molecule has 0 aliphatic carbocycles. The van der Waals surface area contributed by atoms with Gasteiger partial charge < -0.3 is 8.98 Å². The van der Waals surface area contributed by atoms with E-state index < -0.39 is 22.4 Å². The molecule has 0 radical (unpaired) electrons. The van der Waals surface area contributed by atoms with Crippen LogP contribution in [-0.4, -0.2) is 30.2 Å². The van der Waals surface area contributed by atoms with Gasteiger partial charge in [0, 0.05) is 11.8 Å². The van der Waals surface area contributed by atoms with Crippen molar-refractivity contribution in [3.63, 3.8) is 0 Å². The van der Waals surface area contributed by atoms with E-state index >= 15 is 0 Å². The lowest BCUT2D eigenvalue weighted by Gasteiger charge is -2.00. The predicted molar refractivity (Wildman–Crippen MR) is 73.3 cm³/mol. The van der Waals surface area contributed by atoms with E-state index in [1.807, 2.05) is 0 Å². The molecule has 1 aromatic carbocycles. The minimum absolute atomic E-state index is 0.168. The van der Waals surface area contributed by atoms with Crippen molar-refractivity contribution in [2.24, 2.45) is 0 Å². The molecule has 0 unspecified atom stereocenters. The van der Waals surface area contributed by atoms with Gasteiger partial charge in [-0.3, -0.25) is 4.21 Å². The predicted octanol–water partition coefficient (Wildman–Crippen LogP) is 2.00. The van der Waals surface area contributed by atoms with Crippen LogP contribution in [-0.2, 0) is 17.3 Å². The Bertz CT molecular complexity index is 846. The largest absolute Gasteiger partial charge is 0.444 e. The van der Waals surface area contributed by atoms with E-state index in [0.29, 0.717) is 16.4 Å². The second-order valence-corrected chi connectivity index (χ2v) is 5.74. The van der Waals surface area contributed by atoms with Crippen LogP contribution in [0.15, 0.2) is 40.4 Å². The Kier molecular flexibility index (Phi) is 3.80. The fourth-order valence-electron chi connectivity index (χ4n) is 1.89. The molecule has 114 valence electrons. The fraction of sp³-hybridized carbons (Fsp3) is 0.154. The minimum atomic E-state index is -1.28. The summed E-state index contributed by atoms with van der Waals surface area (Å²) in [6.07, 6.45) is 4.32. The second kappa shape index (κ2) is 5.76. The molecule has 0 bridgehead atoms. The van der Waals surface area contributed by atoms with Crippen molar-refractivity contribution in [3.8, 4) is 11.5 Å². The molecule has 0 amide bonds. The van der Waals surface area contributed by atoms with Gasteiger partial charge >= 0.3 is 0 Å². The molecule has 2 heterocycles. The van der Waals surface area contributed by atoms with E-state index in [0.717, 1.165) is 12.1 Å². The highest BCUT2D eigenvalue weighted by atomic mass is 32.2. The highest BCUT2D eigenvalue weighted by Gasteiger charge is 2.13. The topological polar surface area (TPSA) is 73.8 Å². The number of halogens is 2. The van der Waals surface area contributed by atoms with Gasteiger partial charge in [0.05, 0.1) is 23.0 Å². The van der Waals surface area contributed by atoms with Crippen LogP contribution in [0.2, 0.25) is 0 Å². The Balaban J connectivity index is 1.86. The average Bonchev–Trinajstić information content (AvgIpc) is 3.11. The maximum atomic E-state index is 13.2. The lowest BCUT2D eigenvalue weighted by atomic mass is 10.2. The molecule has 6 nitrogen and oxygen atoms in total. The van der Waals surface area contributed by atoms with Crippen molar-refractivity contribution in [1.82, 2.24) is 19.7 Å². The highest BCUT2D eigenvalue weighted by molar-refractivity contribution is 7.84. The van der Waals surface area contributed by atoms with E-state index in [1.165, 1.54) is 24.9 Å². The molecule has 0 fully saturated rings. The molecule has 3 rings (SSSR count). The summed E-state index contributed by atoms with van der Waals surface area (Å²) in [5, 5.41) is 7.77. The normalized spacial score (nSPS) is 12.5. The molecule has 0 N–H and O–H groups in total. The quantitative estimate of drug-likeness (QED) is 0.734. The zero-order chi connectivity index (χ0) is 15.7. The van der Waals surface area contributed by atoms with Gasteiger partial charge in [0.15, 0.2) is 11.6 Å². The maximum absolute atomic E-state index is 13.2. The molecule has 2 aromatic heterocycles. The summed E-state index contributed by atoms with van der Waals surface area (Å²) in [5.74, 6) is -1.74. The van der Waals surface area contributed by atoms with E-state index in [9.17, 15) is 13.0 Å². The first-order valence-corrected chi connectivity index (χ1v) is 7.71. The smallest absolute Gasteiger partial charge is 0.226 e. The summed E-state index contributed by atoms with van der Waals surface area (Å²) in [6, 6.07) is 3.39. The summed E-state index contributed by atoms with van der Waals surface area (Å²) < 4.78 is 44.5. The van der Waals surface area contributed by atoms with Gasteiger partial charge in [0.2, 0.25) is 11.0 Å². The molecule has 0 spiro atoms. The SMILES string of the molecule is C[S@@](=O)c1nncn1Cc1coc(-c2ccc(F)c(F)c2)n1. The van der Waals surface area contributed by atoms with Crippen molar-refractivity contribution in [3.05, 3.63) is 48.1 Å². The number of benzene rings is 1. The zero-order valence-electron chi connectivity index (χ0n) is 11.4. The first-order valence-electron chi connectivity index (χ1n) is 6.15. The number of nitrogens with zero attached hydrogens (tertiary/aromatic N) is 4. The van der Waals surface area contributed by atoms with Gasteiger partial charge in [-0.25, -0.2) is 13.8 Å². The lowest BCUT2D eigenvalue weighted by Crippen LogP contribution is -2.05. The Morgan fingerprint density at radius 1 is 1.32 bits per heavy atom. The average molecular weight is 324 g/mol. The summed E-state index contributed by atoms with van der Waals surface area (Å²) in [4.78, 5) is 4.20. The number of oxazole rings is 1. The Morgan fingerprint density at radius 3 is 2.86 bits per heavy atom. The Hall–Kier alpha value is -2.42. The maximum Gasteiger partial charge on any atom is 0.226 e. The second-order valence-electron chi connectivity index (χ2n) is 4.47. The van der Waals surface area contributed by atoms with Crippen molar-refractivity contribution < 1.29 is 17.4 Å². The van der Waals surface area contributed by atoms with Crippen LogP contribution in [0.4, 0.5) is 8.78 Å². The van der Waals surface area contributed by atoms with E-state index in [-0.39, 0.29) is 12.4 Å². The number of hydrogen-bond donors (Lipinski definition) is 0. The third kappa shape index (κ3) is 2.80. The molecule has 0 saturated carbocycles. The van der Waals surface area contributed by atoms with E-state index in [1.54, 1.807) is 4.57 Å².